The van der Waals surface area contributed by atoms with Crippen molar-refractivity contribution < 1.29 is 27.9 Å². The van der Waals surface area contributed by atoms with E-state index in [9.17, 15) is 18.0 Å². The summed E-state index contributed by atoms with van der Waals surface area (Å²) in [6.07, 6.45) is 5.04. The van der Waals surface area contributed by atoms with Gasteiger partial charge in [0.05, 0.1) is 7.11 Å². The molecular formula is C18H24N2O6S. The second-order valence-electron chi connectivity index (χ2n) is 7.03. The van der Waals surface area contributed by atoms with Gasteiger partial charge in [-0.05, 0) is 43.9 Å². The molecular weight excluding hydrogens is 372 g/mol. The standard InChI is InChI=1S/C18H24N2O6S/c1-26-15-9-6-12(18(23)20(11-17(21)22)14-7-8-14)10-16(15)27(24,25)19-13-4-2-3-5-13/h6,9-10,13-14,19H,2-5,7-8,11H2,1H3,(H,21,22). The zero-order valence-electron chi connectivity index (χ0n) is 15.2. The van der Waals surface area contributed by atoms with Crippen molar-refractivity contribution >= 4 is 21.9 Å². The molecule has 2 N–H and O–H groups in total. The molecule has 0 aromatic heterocycles. The van der Waals surface area contributed by atoms with Crippen molar-refractivity contribution in [3.05, 3.63) is 23.8 Å². The highest BCUT2D eigenvalue weighted by Gasteiger charge is 2.35. The van der Waals surface area contributed by atoms with Gasteiger partial charge in [0.25, 0.3) is 5.91 Å². The van der Waals surface area contributed by atoms with Crippen molar-refractivity contribution in [3.63, 3.8) is 0 Å². The van der Waals surface area contributed by atoms with Gasteiger partial charge in [0, 0.05) is 17.6 Å². The number of rotatable bonds is 8. The number of aliphatic carboxylic acids is 1. The molecule has 1 amide bonds. The third-order valence-corrected chi connectivity index (χ3v) is 6.47. The minimum Gasteiger partial charge on any atom is -0.495 e. The number of carboxylic acid groups (broad SMARTS) is 1. The van der Waals surface area contributed by atoms with Gasteiger partial charge in [-0.15, -0.1) is 0 Å². The number of sulfonamides is 1. The average Bonchev–Trinajstić information content (AvgIpc) is 3.35. The number of carbonyl (C=O) groups excluding carboxylic acids is 1. The fraction of sp³-hybridized carbons (Fsp3) is 0.556. The molecule has 3 rings (SSSR count). The van der Waals surface area contributed by atoms with E-state index in [0.29, 0.717) is 0 Å². The monoisotopic (exact) mass is 396 g/mol. The van der Waals surface area contributed by atoms with Crippen molar-refractivity contribution in [2.75, 3.05) is 13.7 Å². The Labute approximate surface area is 158 Å². The lowest BCUT2D eigenvalue weighted by Gasteiger charge is -2.21. The van der Waals surface area contributed by atoms with Gasteiger partial charge in [0.1, 0.15) is 17.2 Å². The van der Waals surface area contributed by atoms with Gasteiger partial charge in [-0.2, -0.15) is 0 Å². The number of hydrogen-bond acceptors (Lipinski definition) is 5. The van der Waals surface area contributed by atoms with Gasteiger partial charge < -0.3 is 14.7 Å². The van der Waals surface area contributed by atoms with E-state index >= 15 is 0 Å². The Bertz CT molecular complexity index is 828. The number of ether oxygens (including phenoxy) is 1. The molecule has 1 aromatic carbocycles. The Kier molecular flexibility index (Phi) is 5.71. The molecule has 0 bridgehead atoms. The second kappa shape index (κ2) is 7.85. The fourth-order valence-corrected chi connectivity index (χ4v) is 4.91. The lowest BCUT2D eigenvalue weighted by Crippen LogP contribution is -2.37. The molecule has 0 radical (unpaired) electrons. The Balaban J connectivity index is 1.90. The topological polar surface area (TPSA) is 113 Å². The number of hydrogen-bond donors (Lipinski definition) is 2. The quantitative estimate of drug-likeness (QED) is 0.690. The summed E-state index contributed by atoms with van der Waals surface area (Å²) in [5.41, 5.74) is 0.135. The smallest absolute Gasteiger partial charge is 0.323 e. The van der Waals surface area contributed by atoms with Gasteiger partial charge in [0.2, 0.25) is 10.0 Å². The Morgan fingerprint density at radius 3 is 2.44 bits per heavy atom. The van der Waals surface area contributed by atoms with E-state index in [-0.39, 0.29) is 28.3 Å². The summed E-state index contributed by atoms with van der Waals surface area (Å²) in [5.74, 6) is -1.44. The first-order chi connectivity index (χ1) is 12.8. The molecule has 2 aliphatic carbocycles. The molecule has 2 aliphatic rings. The van der Waals surface area contributed by atoms with Gasteiger partial charge in [0.15, 0.2) is 0 Å². The van der Waals surface area contributed by atoms with Crippen molar-refractivity contribution in [2.24, 2.45) is 0 Å². The predicted molar refractivity (Wildman–Crippen MR) is 97.3 cm³/mol. The van der Waals surface area contributed by atoms with E-state index in [1.54, 1.807) is 0 Å². The first-order valence-corrected chi connectivity index (χ1v) is 10.5. The molecule has 8 nitrogen and oxygen atoms in total. The van der Waals surface area contributed by atoms with Gasteiger partial charge in [-0.1, -0.05) is 12.8 Å². The van der Waals surface area contributed by atoms with Crippen LogP contribution in [-0.2, 0) is 14.8 Å². The van der Waals surface area contributed by atoms with Gasteiger partial charge in [-0.3, -0.25) is 9.59 Å². The van der Waals surface area contributed by atoms with Crippen molar-refractivity contribution in [1.82, 2.24) is 9.62 Å². The molecule has 27 heavy (non-hydrogen) atoms. The van der Waals surface area contributed by atoms with Gasteiger partial charge in [-0.25, -0.2) is 13.1 Å². The molecule has 0 saturated heterocycles. The molecule has 2 saturated carbocycles. The van der Waals surface area contributed by atoms with Crippen LogP contribution in [0.15, 0.2) is 23.1 Å². The van der Waals surface area contributed by atoms with Crippen molar-refractivity contribution in [1.29, 1.82) is 0 Å². The van der Waals surface area contributed by atoms with E-state index in [2.05, 4.69) is 4.72 Å². The van der Waals surface area contributed by atoms with Crippen LogP contribution in [0.5, 0.6) is 5.75 Å². The Hall–Kier alpha value is -2.13. The van der Waals surface area contributed by atoms with Crippen LogP contribution in [-0.4, -0.2) is 56.0 Å². The summed E-state index contributed by atoms with van der Waals surface area (Å²) < 4.78 is 33.5. The predicted octanol–water partition coefficient (Wildman–Crippen LogP) is 1.61. The van der Waals surface area contributed by atoms with E-state index in [1.807, 2.05) is 0 Å². The van der Waals surface area contributed by atoms with Gasteiger partial charge >= 0.3 is 5.97 Å². The number of carbonyl (C=O) groups is 2. The second-order valence-corrected chi connectivity index (χ2v) is 8.71. The summed E-state index contributed by atoms with van der Waals surface area (Å²) in [7, 11) is -2.49. The van der Waals surface area contributed by atoms with E-state index < -0.39 is 28.4 Å². The lowest BCUT2D eigenvalue weighted by atomic mass is 10.2. The number of methoxy groups -OCH3 is 1. The highest BCUT2D eigenvalue weighted by atomic mass is 32.2. The van der Waals surface area contributed by atoms with Crippen molar-refractivity contribution in [3.8, 4) is 5.75 Å². The first-order valence-electron chi connectivity index (χ1n) is 9.05. The molecule has 148 valence electrons. The maximum atomic E-state index is 12.8. The summed E-state index contributed by atoms with van der Waals surface area (Å²) in [4.78, 5) is 25.0. The summed E-state index contributed by atoms with van der Waals surface area (Å²) in [5, 5.41) is 9.06. The average molecular weight is 396 g/mol. The van der Waals surface area contributed by atoms with Crippen LogP contribution in [0.1, 0.15) is 48.9 Å². The van der Waals surface area contributed by atoms with Crippen LogP contribution in [0, 0.1) is 0 Å². The third kappa shape index (κ3) is 4.59. The molecule has 0 aliphatic heterocycles. The Morgan fingerprint density at radius 1 is 1.22 bits per heavy atom. The highest BCUT2D eigenvalue weighted by Crippen LogP contribution is 2.31. The van der Waals surface area contributed by atoms with Crippen LogP contribution in [0.25, 0.3) is 0 Å². The summed E-state index contributed by atoms with van der Waals surface area (Å²) in [6, 6.07) is 3.95. The molecule has 1 aromatic rings. The van der Waals surface area contributed by atoms with Crippen LogP contribution < -0.4 is 9.46 Å². The molecule has 2 fully saturated rings. The van der Waals surface area contributed by atoms with Crippen LogP contribution in [0.4, 0.5) is 0 Å². The minimum atomic E-state index is -3.86. The summed E-state index contributed by atoms with van der Waals surface area (Å²) >= 11 is 0. The maximum absolute atomic E-state index is 12.8. The first kappa shape index (κ1) is 19.6. The molecule has 0 atom stereocenters. The lowest BCUT2D eigenvalue weighted by molar-refractivity contribution is -0.137. The normalized spacial score (nSPS) is 17.7. The van der Waals surface area contributed by atoms with E-state index in [0.717, 1.165) is 38.5 Å². The largest absolute Gasteiger partial charge is 0.495 e. The molecule has 0 unspecified atom stereocenters. The highest BCUT2D eigenvalue weighted by molar-refractivity contribution is 7.89. The Morgan fingerprint density at radius 2 is 1.89 bits per heavy atom. The summed E-state index contributed by atoms with van der Waals surface area (Å²) in [6.45, 7) is -0.405. The van der Waals surface area contributed by atoms with Crippen LogP contribution in [0.2, 0.25) is 0 Å². The number of benzene rings is 1. The zero-order chi connectivity index (χ0) is 19.6. The fourth-order valence-electron chi connectivity index (χ4n) is 3.41. The molecule has 9 heteroatoms. The number of amides is 1. The van der Waals surface area contributed by atoms with Crippen LogP contribution >= 0.6 is 0 Å². The van der Waals surface area contributed by atoms with Crippen LogP contribution in [0.3, 0.4) is 0 Å². The third-order valence-electron chi connectivity index (χ3n) is 4.93. The molecule has 0 spiro atoms. The van der Waals surface area contributed by atoms with E-state index in [1.165, 1.54) is 30.2 Å². The van der Waals surface area contributed by atoms with E-state index in [4.69, 9.17) is 9.84 Å². The minimum absolute atomic E-state index is 0.103. The number of nitrogens with one attached hydrogen (secondary N) is 1. The molecule has 0 heterocycles. The maximum Gasteiger partial charge on any atom is 0.323 e. The number of carboxylic acids is 1. The zero-order valence-corrected chi connectivity index (χ0v) is 16.0. The number of nitrogens with zero attached hydrogens (tertiary/aromatic N) is 1. The van der Waals surface area contributed by atoms with Crippen molar-refractivity contribution in [2.45, 2.75) is 55.5 Å². The SMILES string of the molecule is COc1ccc(C(=O)N(CC(=O)O)C2CC2)cc1S(=O)(=O)NC1CCCC1.